The van der Waals surface area contributed by atoms with Crippen LogP contribution in [0.5, 0.6) is 0 Å². The van der Waals surface area contributed by atoms with Crippen LogP contribution < -0.4 is 4.90 Å². The van der Waals surface area contributed by atoms with Gasteiger partial charge in [0.05, 0.1) is 17.9 Å². The minimum absolute atomic E-state index is 0.0460. The second-order valence-electron chi connectivity index (χ2n) is 3.69. The number of benzene rings is 1. The van der Waals surface area contributed by atoms with Crippen LogP contribution in [0.1, 0.15) is 6.42 Å². The molecule has 1 N–H and O–H groups in total. The second-order valence-corrected chi connectivity index (χ2v) is 5.71. The van der Waals surface area contributed by atoms with E-state index in [-0.39, 0.29) is 23.8 Å². The van der Waals surface area contributed by atoms with Crippen molar-refractivity contribution in [2.24, 2.45) is 0 Å². The number of hydrogen-bond donors (Lipinski definition) is 1. The third kappa shape index (κ3) is 3.54. The van der Waals surface area contributed by atoms with Crippen molar-refractivity contribution in [1.29, 1.82) is 0 Å². The summed E-state index contributed by atoms with van der Waals surface area (Å²) < 4.78 is 22.5. The van der Waals surface area contributed by atoms with Crippen LogP contribution in [-0.2, 0) is 14.6 Å². The lowest BCUT2D eigenvalue weighted by Gasteiger charge is -2.16. The summed E-state index contributed by atoms with van der Waals surface area (Å²) in [6.45, 7) is -0.204. The molecule has 0 radical (unpaired) electrons. The molecule has 1 aromatic carbocycles. The fourth-order valence-corrected chi connectivity index (χ4v) is 1.95. The third-order valence-corrected chi connectivity index (χ3v) is 3.48. The topological polar surface area (TPSA) is 74.7 Å². The maximum Gasteiger partial charge on any atom is 0.229 e. The summed E-state index contributed by atoms with van der Waals surface area (Å²) in [5.74, 6) is -0.223. The normalized spacial score (nSPS) is 11.2. The molecule has 0 fully saturated rings. The molecule has 0 atom stereocenters. The minimum Gasteiger partial charge on any atom is -0.396 e. The zero-order chi connectivity index (χ0) is 13.1. The number of hydrogen-bond acceptors (Lipinski definition) is 4. The number of sulfone groups is 1. The molecule has 0 unspecified atom stereocenters. The van der Waals surface area contributed by atoms with Gasteiger partial charge < -0.3 is 10.0 Å². The van der Waals surface area contributed by atoms with E-state index in [0.29, 0.717) is 5.69 Å². The Morgan fingerprint density at radius 2 is 1.82 bits per heavy atom. The van der Waals surface area contributed by atoms with Crippen LogP contribution in [0.3, 0.4) is 0 Å². The van der Waals surface area contributed by atoms with Crippen molar-refractivity contribution in [1.82, 2.24) is 0 Å². The zero-order valence-corrected chi connectivity index (χ0v) is 10.6. The van der Waals surface area contributed by atoms with Gasteiger partial charge in [0.25, 0.3) is 0 Å². The highest BCUT2D eigenvalue weighted by molar-refractivity contribution is 7.90. The van der Waals surface area contributed by atoms with Crippen LogP contribution in [0.4, 0.5) is 5.69 Å². The van der Waals surface area contributed by atoms with Crippen LogP contribution in [-0.4, -0.2) is 39.3 Å². The molecule has 1 aromatic rings. The van der Waals surface area contributed by atoms with Crippen LogP contribution in [0, 0.1) is 0 Å². The van der Waals surface area contributed by atoms with E-state index in [1.807, 2.05) is 0 Å². The number of nitrogens with zero attached hydrogens (tertiary/aromatic N) is 1. The van der Waals surface area contributed by atoms with E-state index < -0.39 is 9.84 Å². The summed E-state index contributed by atoms with van der Waals surface area (Å²) in [6.07, 6.45) is 1.17. The van der Waals surface area contributed by atoms with Crippen molar-refractivity contribution in [3.05, 3.63) is 24.3 Å². The summed E-state index contributed by atoms with van der Waals surface area (Å²) in [5, 5.41) is 8.66. The monoisotopic (exact) mass is 257 g/mol. The zero-order valence-electron chi connectivity index (χ0n) is 9.75. The van der Waals surface area contributed by atoms with Gasteiger partial charge in [-0.25, -0.2) is 8.42 Å². The molecule has 0 saturated heterocycles. The van der Waals surface area contributed by atoms with Crippen LogP contribution in [0.2, 0.25) is 0 Å². The number of aliphatic hydroxyl groups is 1. The van der Waals surface area contributed by atoms with Crippen LogP contribution in [0.15, 0.2) is 29.2 Å². The highest BCUT2D eigenvalue weighted by atomic mass is 32.2. The predicted octanol–water partition coefficient (Wildman–Crippen LogP) is 0.435. The van der Waals surface area contributed by atoms with E-state index in [1.165, 1.54) is 17.0 Å². The largest absolute Gasteiger partial charge is 0.396 e. The number of aliphatic hydroxyl groups excluding tert-OH is 1. The SMILES string of the molecule is CN(C(=O)CCO)c1ccc(S(C)(=O)=O)cc1. The molecule has 5 nitrogen and oxygen atoms in total. The van der Waals surface area contributed by atoms with Crippen LogP contribution in [0.25, 0.3) is 0 Å². The first-order valence-corrected chi connectivity index (χ1v) is 6.93. The number of anilines is 1. The number of carbonyl (C=O) groups is 1. The fraction of sp³-hybridized carbons (Fsp3) is 0.364. The molecule has 0 spiro atoms. The van der Waals surface area contributed by atoms with Crippen molar-refractivity contribution < 1.29 is 18.3 Å². The Morgan fingerprint density at radius 1 is 1.29 bits per heavy atom. The smallest absolute Gasteiger partial charge is 0.229 e. The summed E-state index contributed by atoms with van der Waals surface area (Å²) in [7, 11) is -1.64. The van der Waals surface area contributed by atoms with E-state index in [4.69, 9.17) is 5.11 Å². The Bertz CT molecular complexity index is 493. The lowest BCUT2D eigenvalue weighted by atomic mass is 10.3. The third-order valence-electron chi connectivity index (χ3n) is 2.35. The molecule has 17 heavy (non-hydrogen) atoms. The molecule has 0 aromatic heterocycles. The molecule has 0 saturated carbocycles. The molecule has 0 aliphatic rings. The predicted molar refractivity (Wildman–Crippen MR) is 64.7 cm³/mol. The van der Waals surface area contributed by atoms with Gasteiger partial charge in [-0.05, 0) is 24.3 Å². The van der Waals surface area contributed by atoms with Gasteiger partial charge in [-0.3, -0.25) is 4.79 Å². The quantitative estimate of drug-likeness (QED) is 0.849. The van der Waals surface area contributed by atoms with E-state index in [1.54, 1.807) is 19.2 Å². The lowest BCUT2D eigenvalue weighted by molar-refractivity contribution is -0.118. The van der Waals surface area contributed by atoms with E-state index in [0.717, 1.165) is 6.26 Å². The van der Waals surface area contributed by atoms with Gasteiger partial charge in [0, 0.05) is 19.0 Å². The van der Waals surface area contributed by atoms with Crippen LogP contribution >= 0.6 is 0 Å². The lowest BCUT2D eigenvalue weighted by Crippen LogP contribution is -2.26. The Kier molecular flexibility index (Phi) is 4.25. The van der Waals surface area contributed by atoms with E-state index >= 15 is 0 Å². The highest BCUT2D eigenvalue weighted by Gasteiger charge is 2.11. The molecule has 0 aliphatic heterocycles. The molecule has 0 heterocycles. The summed E-state index contributed by atoms with van der Waals surface area (Å²) in [4.78, 5) is 13.1. The summed E-state index contributed by atoms with van der Waals surface area (Å²) >= 11 is 0. The first-order chi connectivity index (χ1) is 7.86. The fourth-order valence-electron chi connectivity index (χ4n) is 1.32. The van der Waals surface area contributed by atoms with Crippen molar-refractivity contribution in [2.45, 2.75) is 11.3 Å². The number of carbonyl (C=O) groups excluding carboxylic acids is 1. The van der Waals surface area contributed by atoms with Gasteiger partial charge in [0.2, 0.25) is 5.91 Å². The van der Waals surface area contributed by atoms with Gasteiger partial charge in [-0.2, -0.15) is 0 Å². The molecule has 1 rings (SSSR count). The van der Waals surface area contributed by atoms with Crippen molar-refractivity contribution in [3.8, 4) is 0 Å². The molecule has 1 amide bonds. The number of amides is 1. The summed E-state index contributed by atoms with van der Waals surface area (Å²) in [5.41, 5.74) is 0.593. The standard InChI is InChI=1S/C11H15NO4S/c1-12(11(14)7-8-13)9-3-5-10(6-4-9)17(2,15)16/h3-6,13H,7-8H2,1-2H3. The Labute approximate surface area is 101 Å². The van der Waals surface area contributed by atoms with Crippen molar-refractivity contribution in [2.75, 3.05) is 24.8 Å². The summed E-state index contributed by atoms with van der Waals surface area (Å²) in [6, 6.07) is 6.03. The average Bonchev–Trinajstić information content (AvgIpc) is 2.27. The second kappa shape index (κ2) is 5.29. The Balaban J connectivity index is 2.92. The molecule has 6 heteroatoms. The first kappa shape index (κ1) is 13.7. The highest BCUT2D eigenvalue weighted by Crippen LogP contribution is 2.17. The van der Waals surface area contributed by atoms with Crippen molar-refractivity contribution in [3.63, 3.8) is 0 Å². The molecule has 0 bridgehead atoms. The van der Waals surface area contributed by atoms with E-state index in [9.17, 15) is 13.2 Å². The minimum atomic E-state index is -3.22. The molecular formula is C11H15NO4S. The van der Waals surface area contributed by atoms with Gasteiger partial charge in [0.1, 0.15) is 0 Å². The maximum atomic E-state index is 11.5. The Hall–Kier alpha value is -1.40. The van der Waals surface area contributed by atoms with Gasteiger partial charge >= 0.3 is 0 Å². The molecule has 0 aliphatic carbocycles. The molecular weight excluding hydrogens is 242 g/mol. The number of rotatable bonds is 4. The van der Waals surface area contributed by atoms with Gasteiger partial charge in [-0.1, -0.05) is 0 Å². The van der Waals surface area contributed by atoms with Gasteiger partial charge in [0.15, 0.2) is 9.84 Å². The first-order valence-electron chi connectivity index (χ1n) is 5.04. The van der Waals surface area contributed by atoms with E-state index in [2.05, 4.69) is 0 Å². The maximum absolute atomic E-state index is 11.5. The molecule has 94 valence electrons. The van der Waals surface area contributed by atoms with Gasteiger partial charge in [-0.15, -0.1) is 0 Å². The average molecular weight is 257 g/mol. The van der Waals surface area contributed by atoms with Crippen molar-refractivity contribution >= 4 is 21.4 Å². The Morgan fingerprint density at radius 3 is 2.24 bits per heavy atom.